The number of hydrogen-bond donors (Lipinski definition) is 2. The highest BCUT2D eigenvalue weighted by molar-refractivity contribution is 7.99. The summed E-state index contributed by atoms with van der Waals surface area (Å²) in [6, 6.07) is 0.573. The number of sulfonamides is 1. The molecule has 0 heterocycles. The van der Waals surface area contributed by atoms with Gasteiger partial charge < -0.3 is 5.32 Å². The van der Waals surface area contributed by atoms with Crippen LogP contribution in [0.3, 0.4) is 0 Å². The van der Waals surface area contributed by atoms with E-state index in [4.69, 9.17) is 0 Å². The smallest absolute Gasteiger partial charge is 0.211 e. The molecule has 1 saturated carbocycles. The first kappa shape index (κ1) is 16.3. The minimum absolute atomic E-state index is 0.158. The quantitative estimate of drug-likeness (QED) is 0.667. The summed E-state index contributed by atoms with van der Waals surface area (Å²) in [5.74, 6) is 0.229. The summed E-state index contributed by atoms with van der Waals surface area (Å²) < 4.78 is 26.6. The molecule has 0 amide bonds. The Morgan fingerprint density at radius 3 is 2.61 bits per heavy atom. The lowest BCUT2D eigenvalue weighted by Gasteiger charge is -2.13. The average Bonchev–Trinajstić information content (AvgIpc) is 2.71. The predicted molar refractivity (Wildman–Crippen MR) is 79.6 cm³/mol. The molecule has 108 valence electrons. The van der Waals surface area contributed by atoms with Gasteiger partial charge in [0, 0.05) is 17.3 Å². The molecule has 2 N–H and O–H groups in total. The molecule has 0 aromatic heterocycles. The first-order chi connectivity index (χ1) is 8.43. The second-order valence-electron chi connectivity index (χ2n) is 5.27. The van der Waals surface area contributed by atoms with Crippen molar-refractivity contribution < 1.29 is 8.42 Å². The third kappa shape index (κ3) is 6.41. The molecule has 0 aromatic rings. The summed E-state index contributed by atoms with van der Waals surface area (Å²) in [6.45, 7) is 4.89. The van der Waals surface area contributed by atoms with E-state index < -0.39 is 10.0 Å². The third-order valence-electron chi connectivity index (χ3n) is 3.21. The molecular formula is C12H26N2O2S2. The Kier molecular flexibility index (Phi) is 6.98. The SMILES string of the molecule is CSC1CCC(NS(=O)(=O)CCCNC(C)C)C1. The van der Waals surface area contributed by atoms with E-state index in [0.29, 0.717) is 17.7 Å². The van der Waals surface area contributed by atoms with Crippen LogP contribution in [0.1, 0.15) is 39.5 Å². The Morgan fingerprint density at radius 1 is 1.33 bits per heavy atom. The maximum absolute atomic E-state index is 11.9. The molecule has 2 atom stereocenters. The molecule has 6 heteroatoms. The molecule has 0 aromatic carbocycles. The van der Waals surface area contributed by atoms with Gasteiger partial charge in [-0.15, -0.1) is 0 Å². The minimum Gasteiger partial charge on any atom is -0.314 e. The molecule has 0 bridgehead atoms. The van der Waals surface area contributed by atoms with Crippen molar-refractivity contribution >= 4 is 21.8 Å². The zero-order valence-corrected chi connectivity index (χ0v) is 13.2. The van der Waals surface area contributed by atoms with Gasteiger partial charge in [0.25, 0.3) is 0 Å². The van der Waals surface area contributed by atoms with Crippen LogP contribution in [-0.2, 0) is 10.0 Å². The van der Waals surface area contributed by atoms with Crippen LogP contribution in [0.2, 0.25) is 0 Å². The maximum atomic E-state index is 11.9. The van der Waals surface area contributed by atoms with E-state index in [1.54, 1.807) is 0 Å². The number of nitrogens with one attached hydrogen (secondary N) is 2. The van der Waals surface area contributed by atoms with Gasteiger partial charge in [0.2, 0.25) is 10.0 Å². The largest absolute Gasteiger partial charge is 0.314 e. The number of hydrogen-bond acceptors (Lipinski definition) is 4. The Balaban J connectivity index is 2.23. The molecule has 0 spiro atoms. The third-order valence-corrected chi connectivity index (χ3v) is 5.82. The highest BCUT2D eigenvalue weighted by Crippen LogP contribution is 2.28. The van der Waals surface area contributed by atoms with Crippen molar-refractivity contribution in [1.29, 1.82) is 0 Å². The summed E-state index contributed by atoms with van der Waals surface area (Å²) in [5, 5.41) is 3.86. The first-order valence-electron chi connectivity index (χ1n) is 6.69. The Morgan fingerprint density at radius 2 is 2.06 bits per heavy atom. The van der Waals surface area contributed by atoms with Crippen LogP contribution in [-0.4, -0.2) is 44.3 Å². The monoisotopic (exact) mass is 294 g/mol. The Labute approximate surface area is 116 Å². The van der Waals surface area contributed by atoms with Crippen molar-refractivity contribution in [2.24, 2.45) is 0 Å². The van der Waals surface area contributed by atoms with E-state index >= 15 is 0 Å². The van der Waals surface area contributed by atoms with E-state index in [1.807, 2.05) is 11.8 Å². The molecule has 2 unspecified atom stereocenters. The fraction of sp³-hybridized carbons (Fsp3) is 1.00. The van der Waals surface area contributed by atoms with Crippen molar-refractivity contribution in [2.45, 2.75) is 56.9 Å². The number of rotatable bonds is 8. The highest BCUT2D eigenvalue weighted by atomic mass is 32.2. The maximum Gasteiger partial charge on any atom is 0.211 e. The lowest BCUT2D eigenvalue weighted by Crippen LogP contribution is -2.36. The van der Waals surface area contributed by atoms with Crippen LogP contribution in [0, 0.1) is 0 Å². The zero-order valence-electron chi connectivity index (χ0n) is 11.6. The Bertz CT molecular complexity index is 331. The van der Waals surface area contributed by atoms with Crippen LogP contribution in [0.5, 0.6) is 0 Å². The Hall–Kier alpha value is 0.220. The molecule has 0 saturated heterocycles. The fourth-order valence-electron chi connectivity index (χ4n) is 2.23. The summed E-state index contributed by atoms with van der Waals surface area (Å²) in [5.41, 5.74) is 0. The molecular weight excluding hydrogens is 268 g/mol. The molecule has 0 radical (unpaired) electrons. The highest BCUT2D eigenvalue weighted by Gasteiger charge is 2.27. The average molecular weight is 294 g/mol. The van der Waals surface area contributed by atoms with E-state index in [0.717, 1.165) is 25.8 Å². The van der Waals surface area contributed by atoms with Crippen molar-refractivity contribution in [3.05, 3.63) is 0 Å². The van der Waals surface area contributed by atoms with Crippen LogP contribution in [0.15, 0.2) is 0 Å². The van der Waals surface area contributed by atoms with Gasteiger partial charge in [0.05, 0.1) is 5.75 Å². The summed E-state index contributed by atoms with van der Waals surface area (Å²) in [6.07, 6.45) is 5.86. The van der Waals surface area contributed by atoms with Gasteiger partial charge in [-0.1, -0.05) is 13.8 Å². The fourth-order valence-corrected chi connectivity index (χ4v) is 4.39. The lowest BCUT2D eigenvalue weighted by atomic mass is 10.3. The number of thioether (sulfide) groups is 1. The van der Waals surface area contributed by atoms with Crippen LogP contribution >= 0.6 is 11.8 Å². The first-order valence-corrected chi connectivity index (χ1v) is 9.63. The molecule has 18 heavy (non-hydrogen) atoms. The summed E-state index contributed by atoms with van der Waals surface area (Å²) in [4.78, 5) is 0. The van der Waals surface area contributed by atoms with Crippen molar-refractivity contribution in [3.8, 4) is 0 Å². The van der Waals surface area contributed by atoms with E-state index in [2.05, 4.69) is 30.1 Å². The molecule has 1 aliphatic rings. The van der Waals surface area contributed by atoms with Gasteiger partial charge in [-0.3, -0.25) is 0 Å². The van der Waals surface area contributed by atoms with Crippen LogP contribution in [0.25, 0.3) is 0 Å². The molecule has 1 fully saturated rings. The molecule has 4 nitrogen and oxygen atoms in total. The zero-order chi connectivity index (χ0) is 13.6. The van der Waals surface area contributed by atoms with Gasteiger partial charge >= 0.3 is 0 Å². The van der Waals surface area contributed by atoms with E-state index in [-0.39, 0.29) is 11.8 Å². The van der Waals surface area contributed by atoms with Gasteiger partial charge in [-0.2, -0.15) is 11.8 Å². The van der Waals surface area contributed by atoms with Gasteiger partial charge in [0.15, 0.2) is 0 Å². The summed E-state index contributed by atoms with van der Waals surface area (Å²) in [7, 11) is -3.09. The topological polar surface area (TPSA) is 58.2 Å². The predicted octanol–water partition coefficient (Wildman–Crippen LogP) is 1.58. The normalized spacial score (nSPS) is 24.9. The van der Waals surface area contributed by atoms with Crippen molar-refractivity contribution in [2.75, 3.05) is 18.6 Å². The van der Waals surface area contributed by atoms with Crippen molar-refractivity contribution in [1.82, 2.24) is 10.0 Å². The van der Waals surface area contributed by atoms with Gasteiger partial charge in [-0.05, 0) is 38.5 Å². The van der Waals surface area contributed by atoms with Crippen molar-refractivity contribution in [3.63, 3.8) is 0 Å². The molecule has 0 aliphatic heterocycles. The summed E-state index contributed by atoms with van der Waals surface area (Å²) >= 11 is 1.84. The molecule has 1 rings (SSSR count). The van der Waals surface area contributed by atoms with E-state index in [9.17, 15) is 8.42 Å². The van der Waals surface area contributed by atoms with Gasteiger partial charge in [-0.25, -0.2) is 13.1 Å². The van der Waals surface area contributed by atoms with Crippen LogP contribution < -0.4 is 10.0 Å². The second-order valence-corrected chi connectivity index (χ2v) is 8.28. The minimum atomic E-state index is -3.09. The standard InChI is InChI=1S/C12H26N2O2S2/c1-10(2)13-7-4-8-18(15,16)14-11-5-6-12(9-11)17-3/h10-14H,4-9H2,1-3H3. The van der Waals surface area contributed by atoms with E-state index in [1.165, 1.54) is 0 Å². The molecule has 1 aliphatic carbocycles. The lowest BCUT2D eigenvalue weighted by molar-refractivity contribution is 0.542. The van der Waals surface area contributed by atoms with Crippen LogP contribution in [0.4, 0.5) is 0 Å². The van der Waals surface area contributed by atoms with Gasteiger partial charge in [0.1, 0.15) is 0 Å². The second kappa shape index (κ2) is 7.72.